The molecule has 0 radical (unpaired) electrons. The van der Waals surface area contributed by atoms with Crippen molar-refractivity contribution in [1.29, 1.82) is 0 Å². The Kier molecular flexibility index (Phi) is 8.69. The average molecular weight is 530 g/mol. The molecular formula is C26H28BrNO4S. The molecule has 0 aliphatic rings. The number of thiophene rings is 1. The Labute approximate surface area is 207 Å². The smallest absolute Gasteiger partial charge is 0.341 e. The normalized spacial score (nSPS) is 10.7. The standard InChI is InChI=1S/C26H28BrNO4S/c1-5-7-18-9-11-22(21(27)13-18)32-14-23(29)28-25-24(26(30)31-6-2)20(15-33-25)19-10-8-16(3)17(4)12-19/h8-13,15H,5-7,14H2,1-4H3,(H,28,29). The monoisotopic (exact) mass is 529 g/mol. The van der Waals surface area contributed by atoms with Crippen LogP contribution in [-0.4, -0.2) is 25.1 Å². The quantitative estimate of drug-likeness (QED) is 0.305. The predicted molar refractivity (Wildman–Crippen MR) is 137 cm³/mol. The predicted octanol–water partition coefficient (Wildman–Crippen LogP) is 6.94. The van der Waals surface area contributed by atoms with Gasteiger partial charge < -0.3 is 14.8 Å². The van der Waals surface area contributed by atoms with Crippen molar-refractivity contribution in [3.05, 3.63) is 68.5 Å². The van der Waals surface area contributed by atoms with Crippen molar-refractivity contribution in [2.45, 2.75) is 40.5 Å². The number of carbonyl (C=O) groups is 2. The molecule has 1 N–H and O–H groups in total. The Hall–Kier alpha value is -2.64. The molecule has 1 aromatic heterocycles. The minimum atomic E-state index is -0.461. The lowest BCUT2D eigenvalue weighted by Gasteiger charge is -2.11. The van der Waals surface area contributed by atoms with E-state index in [0.717, 1.165) is 34.0 Å². The van der Waals surface area contributed by atoms with Crippen LogP contribution in [0.4, 0.5) is 5.00 Å². The zero-order chi connectivity index (χ0) is 24.0. The summed E-state index contributed by atoms with van der Waals surface area (Å²) in [6.07, 6.45) is 2.04. The first-order valence-electron chi connectivity index (χ1n) is 10.9. The van der Waals surface area contributed by atoms with Gasteiger partial charge in [0.2, 0.25) is 0 Å². The SMILES string of the molecule is CCCc1ccc(OCC(=O)Nc2scc(-c3ccc(C)c(C)c3)c2C(=O)OCC)c(Br)c1. The van der Waals surface area contributed by atoms with Gasteiger partial charge in [0.1, 0.15) is 16.3 Å². The molecule has 0 bridgehead atoms. The third-order valence-corrected chi connectivity index (χ3v) is 6.75. The molecule has 7 heteroatoms. The molecule has 0 unspecified atom stereocenters. The number of nitrogens with one attached hydrogen (secondary N) is 1. The van der Waals surface area contributed by atoms with E-state index in [1.165, 1.54) is 22.5 Å². The van der Waals surface area contributed by atoms with Crippen molar-refractivity contribution < 1.29 is 19.1 Å². The fraction of sp³-hybridized carbons (Fsp3) is 0.308. The Bertz CT molecular complexity index is 1160. The highest BCUT2D eigenvalue weighted by molar-refractivity contribution is 9.10. The van der Waals surface area contributed by atoms with Crippen molar-refractivity contribution in [2.24, 2.45) is 0 Å². The largest absolute Gasteiger partial charge is 0.483 e. The zero-order valence-electron chi connectivity index (χ0n) is 19.3. The van der Waals surface area contributed by atoms with Crippen LogP contribution in [0, 0.1) is 13.8 Å². The summed E-state index contributed by atoms with van der Waals surface area (Å²) >= 11 is 4.80. The first-order valence-corrected chi connectivity index (χ1v) is 12.6. The molecule has 2 aromatic carbocycles. The lowest BCUT2D eigenvalue weighted by molar-refractivity contribution is -0.118. The molecule has 1 heterocycles. The average Bonchev–Trinajstić information content (AvgIpc) is 3.19. The number of amides is 1. The van der Waals surface area contributed by atoms with Crippen LogP contribution >= 0.6 is 27.3 Å². The number of esters is 1. The first kappa shape index (κ1) is 25.0. The van der Waals surface area contributed by atoms with Crippen molar-refractivity contribution in [3.63, 3.8) is 0 Å². The summed E-state index contributed by atoms with van der Waals surface area (Å²) in [5.41, 5.74) is 5.52. The molecule has 3 aromatic rings. The van der Waals surface area contributed by atoms with Gasteiger partial charge in [-0.2, -0.15) is 0 Å². The summed E-state index contributed by atoms with van der Waals surface area (Å²) < 4.78 is 11.8. The Morgan fingerprint density at radius 1 is 1.06 bits per heavy atom. The molecule has 5 nitrogen and oxygen atoms in total. The third kappa shape index (κ3) is 6.24. The second-order valence-corrected chi connectivity index (χ2v) is 9.46. The molecule has 174 valence electrons. The fourth-order valence-corrected chi connectivity index (χ4v) is 4.90. The molecule has 1 amide bonds. The highest BCUT2D eigenvalue weighted by atomic mass is 79.9. The lowest BCUT2D eigenvalue weighted by atomic mass is 9.99. The van der Waals surface area contributed by atoms with Crippen molar-refractivity contribution in [2.75, 3.05) is 18.5 Å². The number of aryl methyl sites for hydroxylation is 3. The number of hydrogen-bond acceptors (Lipinski definition) is 5. The summed E-state index contributed by atoms with van der Waals surface area (Å²) in [5, 5.41) is 5.15. The van der Waals surface area contributed by atoms with E-state index in [1.807, 2.05) is 55.6 Å². The van der Waals surface area contributed by atoms with Crippen LogP contribution in [-0.2, 0) is 16.0 Å². The number of anilines is 1. The minimum Gasteiger partial charge on any atom is -0.483 e. The van der Waals surface area contributed by atoms with Gasteiger partial charge in [0.25, 0.3) is 5.91 Å². The van der Waals surface area contributed by atoms with Crippen molar-refractivity contribution >= 4 is 44.1 Å². The summed E-state index contributed by atoms with van der Waals surface area (Å²) in [5.74, 6) is -0.214. The number of rotatable bonds is 9. The maximum atomic E-state index is 12.8. The van der Waals surface area contributed by atoms with Crippen LogP contribution in [0.2, 0.25) is 0 Å². The third-order valence-electron chi connectivity index (χ3n) is 5.24. The summed E-state index contributed by atoms with van der Waals surface area (Å²) in [6.45, 7) is 8.03. The number of carbonyl (C=O) groups excluding carboxylic acids is 2. The van der Waals surface area contributed by atoms with Gasteiger partial charge >= 0.3 is 5.97 Å². The van der Waals surface area contributed by atoms with Crippen LogP contribution in [0.1, 0.15) is 47.3 Å². The molecule has 0 fully saturated rings. The summed E-state index contributed by atoms with van der Waals surface area (Å²) in [7, 11) is 0. The second kappa shape index (κ2) is 11.5. The lowest BCUT2D eigenvalue weighted by Crippen LogP contribution is -2.21. The molecule has 0 aliphatic heterocycles. The highest BCUT2D eigenvalue weighted by Crippen LogP contribution is 2.37. The Morgan fingerprint density at radius 2 is 1.85 bits per heavy atom. The van der Waals surface area contributed by atoms with E-state index in [1.54, 1.807) is 6.92 Å². The maximum absolute atomic E-state index is 12.8. The molecule has 0 spiro atoms. The molecule has 0 atom stereocenters. The molecule has 33 heavy (non-hydrogen) atoms. The number of halogens is 1. The van der Waals surface area contributed by atoms with E-state index >= 15 is 0 Å². The molecule has 0 saturated heterocycles. The fourth-order valence-electron chi connectivity index (χ4n) is 3.39. The minimum absolute atomic E-state index is 0.176. The topological polar surface area (TPSA) is 64.6 Å². The second-order valence-electron chi connectivity index (χ2n) is 7.72. The van der Waals surface area contributed by atoms with Gasteiger partial charge in [-0.1, -0.05) is 37.6 Å². The van der Waals surface area contributed by atoms with Gasteiger partial charge in [0.15, 0.2) is 6.61 Å². The van der Waals surface area contributed by atoms with Gasteiger partial charge in [-0.05, 0) is 77.5 Å². The van der Waals surface area contributed by atoms with Gasteiger partial charge in [0.05, 0.1) is 11.1 Å². The van der Waals surface area contributed by atoms with Gasteiger partial charge in [-0.25, -0.2) is 4.79 Å². The van der Waals surface area contributed by atoms with E-state index in [4.69, 9.17) is 9.47 Å². The molecule has 0 aliphatic carbocycles. The number of ether oxygens (including phenoxy) is 2. The van der Waals surface area contributed by atoms with Crippen LogP contribution in [0.5, 0.6) is 5.75 Å². The van der Waals surface area contributed by atoms with E-state index in [0.29, 0.717) is 16.3 Å². The van der Waals surface area contributed by atoms with E-state index in [9.17, 15) is 9.59 Å². The summed E-state index contributed by atoms with van der Waals surface area (Å²) in [6, 6.07) is 11.9. The van der Waals surface area contributed by atoms with Gasteiger partial charge in [0, 0.05) is 10.9 Å². The van der Waals surface area contributed by atoms with Crippen LogP contribution < -0.4 is 10.1 Å². The number of benzene rings is 2. The summed E-state index contributed by atoms with van der Waals surface area (Å²) in [4.78, 5) is 25.4. The van der Waals surface area contributed by atoms with Crippen molar-refractivity contribution in [3.8, 4) is 16.9 Å². The van der Waals surface area contributed by atoms with Gasteiger partial charge in [-0.15, -0.1) is 11.3 Å². The zero-order valence-corrected chi connectivity index (χ0v) is 21.7. The van der Waals surface area contributed by atoms with E-state index in [-0.39, 0.29) is 19.1 Å². The van der Waals surface area contributed by atoms with Gasteiger partial charge in [-0.3, -0.25) is 4.79 Å². The molecule has 3 rings (SSSR count). The maximum Gasteiger partial charge on any atom is 0.341 e. The van der Waals surface area contributed by atoms with Crippen molar-refractivity contribution in [1.82, 2.24) is 0 Å². The van der Waals surface area contributed by atoms with E-state index in [2.05, 4.69) is 28.2 Å². The highest BCUT2D eigenvalue weighted by Gasteiger charge is 2.23. The van der Waals surface area contributed by atoms with Crippen LogP contribution in [0.3, 0.4) is 0 Å². The number of hydrogen-bond donors (Lipinski definition) is 1. The Morgan fingerprint density at radius 3 is 2.52 bits per heavy atom. The Balaban J connectivity index is 1.78. The van der Waals surface area contributed by atoms with E-state index < -0.39 is 5.97 Å². The van der Waals surface area contributed by atoms with Crippen LogP contribution in [0.15, 0.2) is 46.3 Å². The molecular weight excluding hydrogens is 502 g/mol. The molecule has 0 saturated carbocycles. The first-order chi connectivity index (χ1) is 15.8. The van der Waals surface area contributed by atoms with Crippen LogP contribution in [0.25, 0.3) is 11.1 Å².